The predicted octanol–water partition coefficient (Wildman–Crippen LogP) is 2.74. The molecule has 1 aromatic rings. The van der Waals surface area contributed by atoms with Crippen molar-refractivity contribution in [3.05, 3.63) is 18.5 Å². The minimum Gasteiger partial charge on any atom is -0.339 e. The summed E-state index contributed by atoms with van der Waals surface area (Å²) >= 11 is 1.49. The molecule has 0 N–H and O–H groups in total. The van der Waals surface area contributed by atoms with E-state index in [9.17, 15) is 4.79 Å². The molecular formula is C17H26N4OS. The second kappa shape index (κ2) is 6.67. The van der Waals surface area contributed by atoms with Crippen molar-refractivity contribution >= 4 is 17.7 Å². The molecule has 1 fully saturated rings. The molecule has 0 spiro atoms. The summed E-state index contributed by atoms with van der Waals surface area (Å²) in [5, 5.41) is 8.60. The molecule has 2 aliphatic carbocycles. The van der Waals surface area contributed by atoms with Gasteiger partial charge in [0, 0.05) is 19.6 Å². The molecular weight excluding hydrogens is 308 g/mol. The lowest BCUT2D eigenvalue weighted by Crippen LogP contribution is -2.44. The normalized spacial score (nSPS) is 26.9. The minimum absolute atomic E-state index is 0.144. The summed E-state index contributed by atoms with van der Waals surface area (Å²) in [5.74, 6) is 2.26. The lowest BCUT2D eigenvalue weighted by molar-refractivity contribution is -0.132. The Morgan fingerprint density at radius 1 is 1.39 bits per heavy atom. The molecule has 5 nitrogen and oxygen atoms in total. The highest BCUT2D eigenvalue weighted by Gasteiger charge is 2.38. The topological polar surface area (TPSA) is 51.0 Å². The number of aromatic nitrogens is 3. The van der Waals surface area contributed by atoms with Crippen LogP contribution >= 0.6 is 11.8 Å². The third-order valence-corrected chi connectivity index (χ3v) is 6.19. The lowest BCUT2D eigenvalue weighted by Gasteiger charge is -2.33. The Hall–Kier alpha value is -1.30. The van der Waals surface area contributed by atoms with Crippen molar-refractivity contribution in [3.8, 4) is 0 Å². The molecule has 0 saturated heterocycles. The average molecular weight is 334 g/mol. The van der Waals surface area contributed by atoms with E-state index in [1.165, 1.54) is 24.6 Å². The van der Waals surface area contributed by atoms with Gasteiger partial charge >= 0.3 is 0 Å². The number of allylic oxidation sites excluding steroid dienone is 2. The van der Waals surface area contributed by atoms with Crippen LogP contribution in [0.25, 0.3) is 0 Å². The number of hydrogen-bond acceptors (Lipinski definition) is 4. The Labute approximate surface area is 142 Å². The van der Waals surface area contributed by atoms with Gasteiger partial charge in [0.25, 0.3) is 0 Å². The van der Waals surface area contributed by atoms with E-state index in [1.807, 2.05) is 18.5 Å². The zero-order valence-electron chi connectivity index (χ0n) is 14.3. The average Bonchev–Trinajstić information content (AvgIpc) is 3.21. The van der Waals surface area contributed by atoms with Gasteiger partial charge in [-0.25, -0.2) is 0 Å². The molecule has 0 radical (unpaired) electrons. The van der Waals surface area contributed by atoms with Gasteiger partial charge in [-0.2, -0.15) is 0 Å². The van der Waals surface area contributed by atoms with E-state index < -0.39 is 0 Å². The van der Waals surface area contributed by atoms with Crippen LogP contribution in [0.3, 0.4) is 0 Å². The SMILES string of the molecule is CC(C)N(C[C@@H]1C[C@H]2C=C[C@H]1C2)C(=O)[C@H](C)Sc1nncn1C. The fourth-order valence-corrected chi connectivity index (χ4v) is 4.59. The Kier molecular flexibility index (Phi) is 4.80. The summed E-state index contributed by atoms with van der Waals surface area (Å²) < 4.78 is 1.86. The van der Waals surface area contributed by atoms with E-state index in [0.29, 0.717) is 11.8 Å². The predicted molar refractivity (Wildman–Crippen MR) is 92.0 cm³/mol. The van der Waals surface area contributed by atoms with Crippen molar-refractivity contribution in [1.29, 1.82) is 0 Å². The molecule has 6 heteroatoms. The summed E-state index contributed by atoms with van der Waals surface area (Å²) in [6, 6.07) is 0.230. The van der Waals surface area contributed by atoms with E-state index in [-0.39, 0.29) is 17.2 Å². The minimum atomic E-state index is -0.144. The van der Waals surface area contributed by atoms with E-state index in [4.69, 9.17) is 0 Å². The maximum atomic E-state index is 12.9. The van der Waals surface area contributed by atoms with Gasteiger partial charge in [0.15, 0.2) is 5.16 Å². The number of thioether (sulfide) groups is 1. The highest BCUT2D eigenvalue weighted by atomic mass is 32.2. The number of hydrogen-bond donors (Lipinski definition) is 0. The Morgan fingerprint density at radius 2 is 2.17 bits per heavy atom. The Bertz CT molecular complexity index is 597. The third-order valence-electron chi connectivity index (χ3n) is 5.05. The highest BCUT2D eigenvalue weighted by molar-refractivity contribution is 8.00. The molecule has 0 aliphatic heterocycles. The van der Waals surface area contributed by atoms with Gasteiger partial charge in [-0.15, -0.1) is 10.2 Å². The first kappa shape index (κ1) is 16.6. The first-order valence-corrected chi connectivity index (χ1v) is 9.33. The maximum absolute atomic E-state index is 12.9. The largest absolute Gasteiger partial charge is 0.339 e. The number of fused-ring (bicyclic) bond motifs is 2. The van der Waals surface area contributed by atoms with Crippen LogP contribution in [-0.4, -0.2) is 43.4 Å². The van der Waals surface area contributed by atoms with Gasteiger partial charge in [0.05, 0.1) is 5.25 Å². The number of amides is 1. The quantitative estimate of drug-likeness (QED) is 0.593. The zero-order valence-corrected chi connectivity index (χ0v) is 15.2. The van der Waals surface area contributed by atoms with Crippen molar-refractivity contribution in [1.82, 2.24) is 19.7 Å². The molecule has 1 amide bonds. The first-order chi connectivity index (χ1) is 11.0. The summed E-state index contributed by atoms with van der Waals surface area (Å²) in [6.07, 6.45) is 8.91. The number of carbonyl (C=O) groups is 1. The lowest BCUT2D eigenvalue weighted by atomic mass is 9.92. The molecule has 0 aromatic carbocycles. The summed E-state index contributed by atoms with van der Waals surface area (Å²) in [4.78, 5) is 15.0. The molecule has 2 bridgehead atoms. The number of rotatable bonds is 6. The van der Waals surface area contributed by atoms with Gasteiger partial charge in [-0.1, -0.05) is 23.9 Å². The van der Waals surface area contributed by atoms with Crippen LogP contribution < -0.4 is 0 Å². The zero-order chi connectivity index (χ0) is 16.6. The number of nitrogens with zero attached hydrogens (tertiary/aromatic N) is 4. The molecule has 1 heterocycles. The summed E-state index contributed by atoms with van der Waals surface area (Å²) in [7, 11) is 1.90. The van der Waals surface area contributed by atoms with Gasteiger partial charge in [0.2, 0.25) is 5.91 Å². The van der Waals surface area contributed by atoms with E-state index >= 15 is 0 Å². The Morgan fingerprint density at radius 3 is 2.70 bits per heavy atom. The van der Waals surface area contributed by atoms with Crippen LogP contribution in [0.5, 0.6) is 0 Å². The van der Waals surface area contributed by atoms with Crippen molar-refractivity contribution in [2.75, 3.05) is 6.54 Å². The van der Waals surface area contributed by atoms with Crippen molar-refractivity contribution < 1.29 is 4.79 Å². The van der Waals surface area contributed by atoms with Gasteiger partial charge < -0.3 is 9.47 Å². The monoisotopic (exact) mass is 334 g/mol. The van der Waals surface area contributed by atoms with Gasteiger partial charge in [0.1, 0.15) is 6.33 Å². The molecule has 4 atom stereocenters. The number of carbonyl (C=O) groups excluding carboxylic acids is 1. The molecule has 126 valence electrons. The van der Waals surface area contributed by atoms with Crippen molar-refractivity contribution in [2.45, 2.75) is 50.1 Å². The highest BCUT2D eigenvalue weighted by Crippen LogP contribution is 2.44. The van der Waals surface area contributed by atoms with Crippen LogP contribution in [0, 0.1) is 17.8 Å². The second-order valence-electron chi connectivity index (χ2n) is 7.11. The van der Waals surface area contributed by atoms with Crippen molar-refractivity contribution in [3.63, 3.8) is 0 Å². The molecule has 2 aliphatic rings. The van der Waals surface area contributed by atoms with E-state index in [1.54, 1.807) is 6.33 Å². The van der Waals surface area contributed by atoms with E-state index in [0.717, 1.165) is 17.6 Å². The number of aryl methyl sites for hydroxylation is 1. The standard InChI is InChI=1S/C17H26N4OS/c1-11(2)21(9-15-8-13-5-6-14(15)7-13)16(22)12(3)23-17-19-18-10-20(17)4/h5-6,10-15H,7-9H2,1-4H3/t12-,13-,14-,15-/m0/s1. The fourth-order valence-electron chi connectivity index (χ4n) is 3.73. The van der Waals surface area contributed by atoms with Crippen LogP contribution in [0.1, 0.15) is 33.6 Å². The molecule has 0 unspecified atom stereocenters. The molecule has 3 rings (SSSR count). The third kappa shape index (κ3) is 3.47. The Balaban J connectivity index is 1.64. The molecule has 1 aromatic heterocycles. The van der Waals surface area contributed by atoms with E-state index in [2.05, 4.69) is 41.1 Å². The van der Waals surface area contributed by atoms with Crippen LogP contribution in [0.2, 0.25) is 0 Å². The van der Waals surface area contributed by atoms with Gasteiger partial charge in [-0.3, -0.25) is 4.79 Å². The molecule has 23 heavy (non-hydrogen) atoms. The summed E-state index contributed by atoms with van der Waals surface area (Å²) in [6.45, 7) is 7.07. The first-order valence-electron chi connectivity index (χ1n) is 8.45. The van der Waals surface area contributed by atoms with Crippen LogP contribution in [-0.2, 0) is 11.8 Å². The van der Waals surface area contributed by atoms with Crippen molar-refractivity contribution in [2.24, 2.45) is 24.8 Å². The smallest absolute Gasteiger partial charge is 0.236 e. The van der Waals surface area contributed by atoms with Crippen LogP contribution in [0.15, 0.2) is 23.6 Å². The van der Waals surface area contributed by atoms with Crippen LogP contribution in [0.4, 0.5) is 0 Å². The maximum Gasteiger partial charge on any atom is 0.236 e. The fraction of sp³-hybridized carbons (Fsp3) is 0.706. The summed E-state index contributed by atoms with van der Waals surface area (Å²) in [5.41, 5.74) is 0. The second-order valence-corrected chi connectivity index (χ2v) is 8.42. The van der Waals surface area contributed by atoms with Gasteiger partial charge in [-0.05, 0) is 51.4 Å². The molecule has 1 saturated carbocycles.